The van der Waals surface area contributed by atoms with E-state index in [-0.39, 0.29) is 0 Å². The number of hydrogen-bond donors (Lipinski definition) is 21. The molecule has 0 saturated carbocycles. The summed E-state index contributed by atoms with van der Waals surface area (Å²) in [6.45, 7) is -1.03. The van der Waals surface area contributed by atoms with Crippen molar-refractivity contribution in [2.75, 3.05) is 33.0 Å². The predicted molar refractivity (Wildman–Crippen MR) is 250 cm³/mol. The average molecular weight is 1190 g/mol. The second-order valence-electron chi connectivity index (χ2n) is 20.4. The first kappa shape index (κ1) is 66.9. The fourth-order valence-corrected chi connectivity index (χ4v) is 10.2. The number of carbonyl (C=O) groups excluding carboxylic acids is 3. The van der Waals surface area contributed by atoms with Gasteiger partial charge in [-0.25, -0.2) is 4.79 Å². The van der Waals surface area contributed by atoms with E-state index in [0.29, 0.717) is 0 Å². The molecular formula is C45H75N3O33. The third-order valence-corrected chi connectivity index (χ3v) is 14.6. The SMILES string of the molecule is CC(=O)N[C@H]1[C@H](O[C@@H]2[C@H](O)[C@@H](O)[C@H](O[C@H]3[C@@H](O)[C@@H](CO[C@]4(C(=O)O)C[C@H](O)[C@@H](NC(C)=O)[C@H]([C@H](O)[C@H](O)CO)O4)OC(O)[C@@H]3NC(C)=O)O[C@@H]2CO)O[C@H](CO)[C@@H](O[C@@H]2O[C@H](CO)[C@H](O)[C@H](O)[C@H]2O[C@@H]2O[C@@H](C)[C@@H](O)[C@@H](O)[C@@H]2O)[C@@H]1O. The van der Waals surface area contributed by atoms with Crippen LogP contribution in [0.25, 0.3) is 0 Å². The number of nitrogens with one attached hydrogen (secondary N) is 3. The topological polar surface area (TPSA) is 570 Å². The Balaban J connectivity index is 1.20. The van der Waals surface area contributed by atoms with Crippen molar-refractivity contribution in [3.63, 3.8) is 0 Å². The van der Waals surface area contributed by atoms with Crippen LogP contribution in [0.15, 0.2) is 0 Å². The molecule has 81 heavy (non-hydrogen) atoms. The van der Waals surface area contributed by atoms with Gasteiger partial charge in [-0.2, -0.15) is 0 Å². The van der Waals surface area contributed by atoms with Crippen LogP contribution in [-0.2, 0) is 71.3 Å². The first-order valence-electron chi connectivity index (χ1n) is 25.6. The van der Waals surface area contributed by atoms with Gasteiger partial charge < -0.3 is 160 Å². The standard InChI is InChI=1S/C45H75N3O33/c1-11-24(58)29(63)32(66)41(72-11)80-38-30(64)26(60)17(7-50)74-43(38)78-34-18(8-51)75-40(22(28(34)62)47-13(3)54)77-35-19(9-52)76-42(33(67)31(35)65)79-36-23(48-14(4)55)39(68)73-20(27(36)61)10-71-45(44(69)70)5-15(56)21(46-12(2)53)37(81-45)25(59)16(57)6-49/h11,15-43,49-52,56-68H,5-10H2,1-4H3,(H,46,53)(H,47,54)(H,48,55)(H,69,70)/t11-,15-,16+,17+,18+,19+,20+,21+,22+,23+,24+,25+,26-,27-,28+,29+,30-,31+,32-,33+,34+,35-,36+,37+,38+,39?,40-,41-,42-,43-,45+/m0/s1. The lowest BCUT2D eigenvalue weighted by Gasteiger charge is -2.50. The van der Waals surface area contributed by atoms with E-state index in [0.717, 1.165) is 20.8 Å². The summed E-state index contributed by atoms with van der Waals surface area (Å²) in [5, 5.41) is 201. The van der Waals surface area contributed by atoms with Gasteiger partial charge in [-0.1, -0.05) is 0 Å². The molecular weight excluding hydrogens is 1110 g/mol. The van der Waals surface area contributed by atoms with Crippen LogP contribution in [0.2, 0.25) is 0 Å². The molecule has 31 atom stereocenters. The molecule has 468 valence electrons. The van der Waals surface area contributed by atoms with E-state index >= 15 is 0 Å². The van der Waals surface area contributed by atoms with Crippen molar-refractivity contribution in [1.29, 1.82) is 0 Å². The van der Waals surface area contributed by atoms with E-state index in [1.807, 2.05) is 0 Å². The summed E-state index contributed by atoms with van der Waals surface area (Å²) < 4.78 is 63.0. The molecule has 6 saturated heterocycles. The highest BCUT2D eigenvalue weighted by atomic mass is 16.8. The number of carboxylic acid groups (broad SMARTS) is 1. The normalized spacial score (nSPS) is 46.7. The Hall–Kier alpha value is -3.24. The summed E-state index contributed by atoms with van der Waals surface area (Å²) in [6, 6.07) is -5.18. The summed E-state index contributed by atoms with van der Waals surface area (Å²) in [5.41, 5.74) is 0. The fraction of sp³-hybridized carbons (Fsp3) is 0.911. The monoisotopic (exact) mass is 1190 g/mol. The van der Waals surface area contributed by atoms with Crippen molar-refractivity contribution in [1.82, 2.24) is 16.0 Å². The van der Waals surface area contributed by atoms with Gasteiger partial charge in [0, 0.05) is 27.2 Å². The summed E-state index contributed by atoms with van der Waals surface area (Å²) >= 11 is 0. The molecule has 0 aromatic carbocycles. The highest BCUT2D eigenvalue weighted by Crippen LogP contribution is 2.38. The molecule has 6 heterocycles. The van der Waals surface area contributed by atoms with Gasteiger partial charge in [-0.15, -0.1) is 0 Å². The van der Waals surface area contributed by atoms with Crippen LogP contribution < -0.4 is 16.0 Å². The molecule has 0 radical (unpaired) electrons. The second kappa shape index (κ2) is 28.3. The Morgan fingerprint density at radius 2 is 1.00 bits per heavy atom. The molecule has 6 rings (SSSR count). The van der Waals surface area contributed by atoms with Gasteiger partial charge in [0.05, 0.1) is 51.3 Å². The smallest absolute Gasteiger partial charge is 0.364 e. The zero-order valence-electron chi connectivity index (χ0n) is 43.7. The van der Waals surface area contributed by atoms with E-state index in [9.17, 15) is 111 Å². The summed E-state index contributed by atoms with van der Waals surface area (Å²) in [7, 11) is 0. The zero-order chi connectivity index (χ0) is 60.3. The number of hydrogen-bond acceptors (Lipinski definition) is 32. The maximum atomic E-state index is 12.8. The van der Waals surface area contributed by atoms with Crippen molar-refractivity contribution in [3.05, 3.63) is 0 Å². The minimum absolute atomic E-state index is 0.789. The number of amides is 3. The highest BCUT2D eigenvalue weighted by Gasteiger charge is 2.60. The largest absolute Gasteiger partial charge is 0.477 e. The lowest BCUT2D eigenvalue weighted by molar-refractivity contribution is -0.389. The van der Waals surface area contributed by atoms with Crippen LogP contribution in [0.3, 0.4) is 0 Å². The molecule has 6 fully saturated rings. The molecule has 0 bridgehead atoms. The number of aliphatic hydroxyl groups is 17. The zero-order valence-corrected chi connectivity index (χ0v) is 43.7. The van der Waals surface area contributed by atoms with Crippen LogP contribution in [0.1, 0.15) is 34.1 Å². The van der Waals surface area contributed by atoms with E-state index in [1.54, 1.807) is 0 Å². The van der Waals surface area contributed by atoms with E-state index < -0.39 is 253 Å². The lowest BCUT2D eigenvalue weighted by Crippen LogP contribution is -2.70. The minimum atomic E-state index is -2.99. The highest BCUT2D eigenvalue weighted by molar-refractivity contribution is 5.77. The molecule has 21 N–H and O–H groups in total. The first-order valence-corrected chi connectivity index (χ1v) is 25.6. The molecule has 6 aliphatic rings. The predicted octanol–water partition coefficient (Wildman–Crippen LogP) is -13.4. The van der Waals surface area contributed by atoms with E-state index in [1.165, 1.54) is 6.92 Å². The van der Waals surface area contributed by atoms with Gasteiger partial charge in [0.2, 0.25) is 17.7 Å². The summed E-state index contributed by atoms with van der Waals surface area (Å²) in [4.78, 5) is 49.8. The number of carbonyl (C=O) groups is 4. The fourth-order valence-electron chi connectivity index (χ4n) is 10.2. The quantitative estimate of drug-likeness (QED) is 0.0507. The first-order chi connectivity index (χ1) is 38.0. The Labute approximate surface area is 459 Å². The molecule has 0 aromatic heterocycles. The van der Waals surface area contributed by atoms with E-state index in [4.69, 9.17) is 52.1 Å². The molecule has 0 aromatic rings. The number of rotatable bonds is 21. The van der Waals surface area contributed by atoms with Crippen LogP contribution >= 0.6 is 0 Å². The molecule has 1 unspecified atom stereocenters. The van der Waals surface area contributed by atoms with Crippen molar-refractivity contribution in [2.45, 2.75) is 224 Å². The Morgan fingerprint density at radius 1 is 0.519 bits per heavy atom. The number of aliphatic hydroxyl groups excluding tert-OH is 17. The lowest BCUT2D eigenvalue weighted by atomic mass is 9.88. The number of aliphatic carboxylic acids is 1. The maximum Gasteiger partial charge on any atom is 0.364 e. The van der Waals surface area contributed by atoms with E-state index in [2.05, 4.69) is 16.0 Å². The minimum Gasteiger partial charge on any atom is -0.477 e. The van der Waals surface area contributed by atoms with Crippen LogP contribution in [0.4, 0.5) is 0 Å². The van der Waals surface area contributed by atoms with Crippen LogP contribution in [0.5, 0.6) is 0 Å². The van der Waals surface area contributed by atoms with Crippen molar-refractivity contribution in [3.8, 4) is 0 Å². The van der Waals surface area contributed by atoms with Gasteiger partial charge >= 0.3 is 5.97 Å². The summed E-state index contributed by atoms with van der Waals surface area (Å²) in [5.74, 6) is -7.48. The Bertz CT molecular complexity index is 2070. The number of ether oxygens (including phenoxy) is 11. The molecule has 0 aliphatic carbocycles. The van der Waals surface area contributed by atoms with Gasteiger partial charge in [-0.05, 0) is 6.92 Å². The third-order valence-electron chi connectivity index (χ3n) is 14.6. The summed E-state index contributed by atoms with van der Waals surface area (Å²) in [6.07, 6.45) is -53.3. The average Bonchev–Trinajstić information content (AvgIpc) is 3.55. The van der Waals surface area contributed by atoms with Crippen molar-refractivity contribution in [2.24, 2.45) is 0 Å². The van der Waals surface area contributed by atoms with Crippen molar-refractivity contribution < 1.29 is 163 Å². The van der Waals surface area contributed by atoms with Crippen LogP contribution in [0, 0.1) is 0 Å². The number of carboxylic acids is 1. The molecule has 3 amide bonds. The van der Waals surface area contributed by atoms with Gasteiger partial charge in [0.1, 0.15) is 134 Å². The Morgan fingerprint density at radius 3 is 1.57 bits per heavy atom. The molecule has 36 heteroatoms. The van der Waals surface area contributed by atoms with Crippen molar-refractivity contribution >= 4 is 23.7 Å². The van der Waals surface area contributed by atoms with Gasteiger partial charge in [0.15, 0.2) is 31.5 Å². The van der Waals surface area contributed by atoms with Gasteiger partial charge in [-0.3, -0.25) is 14.4 Å². The third kappa shape index (κ3) is 14.7. The molecule has 0 spiro atoms. The Kier molecular flexibility index (Phi) is 23.4. The second-order valence-corrected chi connectivity index (χ2v) is 20.4. The molecule has 6 aliphatic heterocycles. The molecule has 36 nitrogen and oxygen atoms in total. The van der Waals surface area contributed by atoms with Gasteiger partial charge in [0.25, 0.3) is 5.79 Å². The maximum absolute atomic E-state index is 12.8. The van der Waals surface area contributed by atoms with Crippen LogP contribution in [-0.4, -0.2) is 338 Å².